The lowest BCUT2D eigenvalue weighted by atomic mass is 10.2. The van der Waals surface area contributed by atoms with Crippen LogP contribution in [-0.4, -0.2) is 34.7 Å². The number of carbonyl (C=O) groups is 2. The van der Waals surface area contributed by atoms with E-state index in [1.54, 1.807) is 0 Å². The lowest BCUT2D eigenvalue weighted by molar-refractivity contribution is -0.141. The van der Waals surface area contributed by atoms with Crippen LogP contribution in [0.3, 0.4) is 0 Å². The van der Waals surface area contributed by atoms with Crippen molar-refractivity contribution in [2.75, 3.05) is 6.54 Å². The van der Waals surface area contributed by atoms with Crippen LogP contribution in [0.5, 0.6) is 0 Å². The van der Waals surface area contributed by atoms with Crippen molar-refractivity contribution in [3.8, 4) is 0 Å². The molecule has 1 atom stereocenters. The zero-order valence-electron chi connectivity index (χ0n) is 10.2. The molecular formula is C13H14BrNO4. The maximum Gasteiger partial charge on any atom is 0.410 e. The van der Waals surface area contributed by atoms with Gasteiger partial charge in [0.25, 0.3) is 0 Å². The zero-order valence-corrected chi connectivity index (χ0v) is 11.8. The molecule has 0 aromatic heterocycles. The number of likely N-dealkylation sites (tertiary alicyclic amines) is 1. The van der Waals surface area contributed by atoms with Gasteiger partial charge in [-0.3, -0.25) is 4.90 Å². The highest BCUT2D eigenvalue weighted by atomic mass is 79.9. The van der Waals surface area contributed by atoms with E-state index in [0.717, 1.165) is 10.0 Å². The molecule has 0 spiro atoms. The molecule has 1 aliphatic rings. The van der Waals surface area contributed by atoms with Crippen LogP contribution < -0.4 is 0 Å². The van der Waals surface area contributed by atoms with Crippen LogP contribution in [0.2, 0.25) is 0 Å². The van der Waals surface area contributed by atoms with Crippen LogP contribution in [0.25, 0.3) is 0 Å². The van der Waals surface area contributed by atoms with E-state index in [0.29, 0.717) is 19.4 Å². The molecule has 2 rings (SSSR count). The number of hydrogen-bond donors (Lipinski definition) is 1. The first-order valence-electron chi connectivity index (χ1n) is 5.98. The van der Waals surface area contributed by atoms with Crippen LogP contribution in [0.1, 0.15) is 18.4 Å². The Morgan fingerprint density at radius 1 is 1.37 bits per heavy atom. The SMILES string of the molecule is O=C(O)C1CCCN1C(=O)OCc1ccc(Br)cc1. The Hall–Kier alpha value is -1.56. The van der Waals surface area contributed by atoms with Gasteiger partial charge in [0.05, 0.1) is 0 Å². The number of carboxylic acid groups (broad SMARTS) is 1. The second kappa shape index (κ2) is 6.06. The van der Waals surface area contributed by atoms with E-state index in [4.69, 9.17) is 9.84 Å². The molecule has 1 aromatic carbocycles. The van der Waals surface area contributed by atoms with E-state index >= 15 is 0 Å². The minimum Gasteiger partial charge on any atom is -0.480 e. The average molecular weight is 328 g/mol. The van der Waals surface area contributed by atoms with Gasteiger partial charge in [-0.25, -0.2) is 9.59 Å². The summed E-state index contributed by atoms with van der Waals surface area (Å²) in [5.74, 6) is -0.974. The van der Waals surface area contributed by atoms with Crippen LogP contribution >= 0.6 is 15.9 Å². The Bertz CT molecular complexity index is 474. The fraction of sp³-hybridized carbons (Fsp3) is 0.385. The van der Waals surface area contributed by atoms with Gasteiger partial charge in [0.1, 0.15) is 12.6 Å². The van der Waals surface area contributed by atoms with Gasteiger partial charge < -0.3 is 9.84 Å². The third kappa shape index (κ3) is 3.47. The normalized spacial score (nSPS) is 18.4. The fourth-order valence-corrected chi connectivity index (χ4v) is 2.31. The maximum absolute atomic E-state index is 11.8. The van der Waals surface area contributed by atoms with Gasteiger partial charge in [-0.2, -0.15) is 0 Å². The number of rotatable bonds is 3. The number of amides is 1. The van der Waals surface area contributed by atoms with E-state index in [-0.39, 0.29) is 6.61 Å². The van der Waals surface area contributed by atoms with Gasteiger partial charge in [-0.15, -0.1) is 0 Å². The third-order valence-corrected chi connectivity index (χ3v) is 3.58. The van der Waals surface area contributed by atoms with E-state index in [2.05, 4.69) is 15.9 Å². The number of hydrogen-bond acceptors (Lipinski definition) is 3. The van der Waals surface area contributed by atoms with Crippen molar-refractivity contribution in [3.05, 3.63) is 34.3 Å². The van der Waals surface area contributed by atoms with Crippen LogP contribution in [0, 0.1) is 0 Å². The van der Waals surface area contributed by atoms with Crippen molar-refractivity contribution in [1.82, 2.24) is 4.90 Å². The first-order valence-corrected chi connectivity index (χ1v) is 6.78. The number of carbonyl (C=O) groups excluding carboxylic acids is 1. The first kappa shape index (κ1) is 13.9. The quantitative estimate of drug-likeness (QED) is 0.926. The summed E-state index contributed by atoms with van der Waals surface area (Å²) < 4.78 is 6.09. The monoisotopic (exact) mass is 327 g/mol. The molecule has 0 radical (unpaired) electrons. The molecule has 0 bridgehead atoms. The summed E-state index contributed by atoms with van der Waals surface area (Å²) in [7, 11) is 0. The standard InChI is InChI=1S/C13H14BrNO4/c14-10-5-3-9(4-6-10)8-19-13(18)15-7-1-2-11(15)12(16)17/h3-6,11H,1-2,7-8H2,(H,16,17). The second-order valence-corrected chi connectivity index (χ2v) is 5.29. The van der Waals surface area contributed by atoms with Crippen molar-refractivity contribution in [1.29, 1.82) is 0 Å². The molecule has 1 unspecified atom stereocenters. The summed E-state index contributed by atoms with van der Waals surface area (Å²) in [6, 6.07) is 6.65. The molecule has 1 aliphatic heterocycles. The predicted octanol–water partition coefficient (Wildman–Crippen LogP) is 2.63. The van der Waals surface area contributed by atoms with Crippen molar-refractivity contribution >= 4 is 28.0 Å². The highest BCUT2D eigenvalue weighted by molar-refractivity contribution is 9.10. The Balaban J connectivity index is 1.90. The molecule has 6 heteroatoms. The average Bonchev–Trinajstić information content (AvgIpc) is 2.87. The molecule has 1 N–H and O–H groups in total. The Morgan fingerprint density at radius 3 is 2.68 bits per heavy atom. The predicted molar refractivity (Wildman–Crippen MR) is 71.7 cm³/mol. The summed E-state index contributed by atoms with van der Waals surface area (Å²) in [6.07, 6.45) is 0.625. The third-order valence-electron chi connectivity index (χ3n) is 3.05. The molecule has 1 fully saturated rings. The first-order chi connectivity index (χ1) is 9.08. The molecule has 0 aliphatic carbocycles. The number of nitrogens with zero attached hydrogens (tertiary/aromatic N) is 1. The molecule has 1 amide bonds. The van der Waals surface area contributed by atoms with Gasteiger partial charge in [0, 0.05) is 11.0 Å². The lowest BCUT2D eigenvalue weighted by Crippen LogP contribution is -2.40. The summed E-state index contributed by atoms with van der Waals surface area (Å²) in [4.78, 5) is 24.1. The molecule has 102 valence electrons. The minimum atomic E-state index is -0.974. The van der Waals surface area contributed by atoms with Crippen molar-refractivity contribution < 1.29 is 19.4 Å². The molecule has 1 heterocycles. The van der Waals surface area contributed by atoms with Gasteiger partial charge in [0.2, 0.25) is 0 Å². The second-order valence-electron chi connectivity index (χ2n) is 4.37. The number of ether oxygens (including phenoxy) is 1. The van der Waals surface area contributed by atoms with Crippen molar-refractivity contribution in [3.63, 3.8) is 0 Å². The Kier molecular flexibility index (Phi) is 4.42. The number of carboxylic acids is 1. The van der Waals surface area contributed by atoms with E-state index < -0.39 is 18.1 Å². The summed E-state index contributed by atoms with van der Waals surface area (Å²) in [5, 5.41) is 8.99. The Morgan fingerprint density at radius 2 is 2.05 bits per heavy atom. The zero-order chi connectivity index (χ0) is 13.8. The topological polar surface area (TPSA) is 66.8 Å². The van der Waals surface area contributed by atoms with E-state index in [9.17, 15) is 9.59 Å². The summed E-state index contributed by atoms with van der Waals surface area (Å²) >= 11 is 3.32. The highest BCUT2D eigenvalue weighted by Gasteiger charge is 2.34. The number of benzene rings is 1. The number of aliphatic carboxylic acids is 1. The van der Waals surface area contributed by atoms with Crippen LogP contribution in [0.15, 0.2) is 28.7 Å². The summed E-state index contributed by atoms with van der Waals surface area (Å²) in [6.45, 7) is 0.588. The largest absolute Gasteiger partial charge is 0.480 e. The van der Waals surface area contributed by atoms with Gasteiger partial charge in [-0.1, -0.05) is 28.1 Å². The molecule has 5 nitrogen and oxygen atoms in total. The van der Waals surface area contributed by atoms with E-state index in [1.165, 1.54) is 4.90 Å². The summed E-state index contributed by atoms with van der Waals surface area (Å²) in [5.41, 5.74) is 0.864. The molecule has 19 heavy (non-hydrogen) atoms. The van der Waals surface area contributed by atoms with E-state index in [1.807, 2.05) is 24.3 Å². The molecule has 0 saturated carbocycles. The molecular weight excluding hydrogens is 314 g/mol. The number of halogens is 1. The fourth-order valence-electron chi connectivity index (χ4n) is 2.05. The van der Waals surface area contributed by atoms with Crippen molar-refractivity contribution in [2.45, 2.75) is 25.5 Å². The van der Waals surface area contributed by atoms with Crippen molar-refractivity contribution in [2.24, 2.45) is 0 Å². The molecule has 1 aromatic rings. The highest BCUT2D eigenvalue weighted by Crippen LogP contribution is 2.19. The van der Waals surface area contributed by atoms with Gasteiger partial charge >= 0.3 is 12.1 Å². The van der Waals surface area contributed by atoms with Gasteiger partial charge in [-0.05, 0) is 30.5 Å². The van der Waals surface area contributed by atoms with Crippen LogP contribution in [-0.2, 0) is 16.1 Å². The molecule has 1 saturated heterocycles. The minimum absolute atomic E-state index is 0.148. The lowest BCUT2D eigenvalue weighted by Gasteiger charge is -2.20. The maximum atomic E-state index is 11.8. The van der Waals surface area contributed by atoms with Crippen LogP contribution in [0.4, 0.5) is 4.79 Å². The van der Waals surface area contributed by atoms with Gasteiger partial charge in [0.15, 0.2) is 0 Å². The Labute approximate surface area is 119 Å². The smallest absolute Gasteiger partial charge is 0.410 e.